The van der Waals surface area contributed by atoms with Gasteiger partial charge < -0.3 is 10.5 Å². The molecule has 0 spiro atoms. The quantitative estimate of drug-likeness (QED) is 0.847. The summed E-state index contributed by atoms with van der Waals surface area (Å²) in [6.07, 6.45) is 2.18. The molecule has 0 aliphatic heterocycles. The number of hydrogen-bond acceptors (Lipinski definition) is 1. The Morgan fingerprint density at radius 3 is 2.26 bits per heavy atom. The average Bonchev–Trinajstić information content (AvgIpc) is 2.48. The van der Waals surface area contributed by atoms with E-state index in [-0.39, 0.29) is 0 Å². The summed E-state index contributed by atoms with van der Waals surface area (Å²) in [5, 5.41) is 0. The van der Waals surface area contributed by atoms with Crippen LogP contribution in [0.3, 0.4) is 0 Å². The number of rotatable bonds is 6. The van der Waals surface area contributed by atoms with Crippen LogP contribution in [0.2, 0.25) is 0 Å². The van der Waals surface area contributed by atoms with E-state index in [4.69, 9.17) is 4.74 Å². The Bertz CT molecular complexity index is 478. The molecule has 0 aliphatic rings. The lowest BCUT2D eigenvalue weighted by molar-refractivity contribution is -0.369. The molecule has 0 heterocycles. The van der Waals surface area contributed by atoms with Gasteiger partial charge in [0, 0.05) is 6.42 Å². The van der Waals surface area contributed by atoms with E-state index in [0.717, 1.165) is 25.1 Å². The van der Waals surface area contributed by atoms with E-state index < -0.39 is 0 Å². The van der Waals surface area contributed by atoms with Gasteiger partial charge >= 0.3 is 0 Å². The van der Waals surface area contributed by atoms with Crippen molar-refractivity contribution >= 4 is 0 Å². The molecule has 2 nitrogen and oxygen atoms in total. The first-order valence-electron chi connectivity index (χ1n) is 6.80. The second kappa shape index (κ2) is 6.95. The molecule has 0 bridgehead atoms. The normalized spacial score (nSPS) is 12.1. The lowest BCUT2D eigenvalue weighted by atomic mass is 9.89. The summed E-state index contributed by atoms with van der Waals surface area (Å²) in [7, 11) is 1.70. The van der Waals surface area contributed by atoms with E-state index in [1.165, 1.54) is 11.1 Å². The predicted octanol–water partition coefficient (Wildman–Crippen LogP) is 2.65. The molecule has 0 fully saturated rings. The zero-order valence-electron chi connectivity index (χ0n) is 11.5. The largest absolute Gasteiger partial charge is 0.497 e. The van der Waals surface area contributed by atoms with Crippen LogP contribution in [0.4, 0.5) is 0 Å². The number of hydrogen-bond donors (Lipinski definition) is 1. The van der Waals surface area contributed by atoms with Crippen molar-refractivity contribution in [1.82, 2.24) is 0 Å². The minimum absolute atomic E-state index is 0.533. The Morgan fingerprint density at radius 2 is 1.68 bits per heavy atom. The Morgan fingerprint density at radius 1 is 1.00 bits per heavy atom. The molecule has 3 N–H and O–H groups in total. The van der Waals surface area contributed by atoms with Crippen LogP contribution >= 0.6 is 0 Å². The number of methoxy groups -OCH3 is 1. The molecule has 0 saturated heterocycles. The van der Waals surface area contributed by atoms with Gasteiger partial charge in [-0.3, -0.25) is 0 Å². The maximum absolute atomic E-state index is 5.21. The fraction of sp³-hybridized carbons (Fsp3) is 0.294. The Labute approximate surface area is 115 Å². The highest BCUT2D eigenvalue weighted by atomic mass is 16.5. The van der Waals surface area contributed by atoms with Gasteiger partial charge in [0.25, 0.3) is 0 Å². The smallest absolute Gasteiger partial charge is 0.118 e. The van der Waals surface area contributed by atoms with Crippen molar-refractivity contribution in [3.05, 3.63) is 65.7 Å². The molecule has 19 heavy (non-hydrogen) atoms. The minimum atomic E-state index is 0.533. The molecular weight excluding hydrogens is 234 g/mol. The van der Waals surface area contributed by atoms with Gasteiger partial charge in [0.1, 0.15) is 5.75 Å². The SMILES string of the molecule is COc1ccc([C@H](CC[NH3+])Cc2ccccc2)cc1. The van der Waals surface area contributed by atoms with Crippen LogP contribution in [0.1, 0.15) is 23.5 Å². The second-order valence-corrected chi connectivity index (χ2v) is 4.80. The number of ether oxygens (including phenoxy) is 1. The Hall–Kier alpha value is -1.80. The Balaban J connectivity index is 2.14. The molecule has 0 radical (unpaired) electrons. The predicted molar refractivity (Wildman–Crippen MR) is 78.3 cm³/mol. The molecule has 100 valence electrons. The van der Waals surface area contributed by atoms with E-state index in [9.17, 15) is 0 Å². The van der Waals surface area contributed by atoms with E-state index in [0.29, 0.717) is 5.92 Å². The van der Waals surface area contributed by atoms with Crippen molar-refractivity contribution in [3.8, 4) is 5.75 Å². The van der Waals surface area contributed by atoms with Crippen LogP contribution in [0.5, 0.6) is 5.75 Å². The lowest BCUT2D eigenvalue weighted by Crippen LogP contribution is -2.50. The van der Waals surface area contributed by atoms with Gasteiger partial charge in [0.2, 0.25) is 0 Å². The molecular formula is C17H22NO+. The van der Waals surface area contributed by atoms with Gasteiger partial charge in [-0.2, -0.15) is 0 Å². The van der Waals surface area contributed by atoms with Crippen molar-refractivity contribution < 1.29 is 10.5 Å². The third kappa shape index (κ3) is 3.83. The van der Waals surface area contributed by atoms with Crippen LogP contribution in [-0.4, -0.2) is 13.7 Å². The molecule has 2 aromatic carbocycles. The van der Waals surface area contributed by atoms with Crippen molar-refractivity contribution in [2.24, 2.45) is 0 Å². The van der Waals surface area contributed by atoms with Gasteiger partial charge in [0.05, 0.1) is 13.7 Å². The molecule has 1 atom stereocenters. The van der Waals surface area contributed by atoms with Crippen molar-refractivity contribution in [2.75, 3.05) is 13.7 Å². The third-order valence-electron chi connectivity index (χ3n) is 3.46. The first-order chi connectivity index (χ1) is 9.33. The highest BCUT2D eigenvalue weighted by Gasteiger charge is 2.12. The Kier molecular flexibility index (Phi) is 4.99. The second-order valence-electron chi connectivity index (χ2n) is 4.80. The van der Waals surface area contributed by atoms with Crippen LogP contribution in [0.25, 0.3) is 0 Å². The lowest BCUT2D eigenvalue weighted by Gasteiger charge is -2.16. The standard InChI is InChI=1S/C17H21NO/c1-19-17-9-7-15(8-10-17)16(11-12-18)13-14-5-3-2-4-6-14/h2-10,16H,11-13,18H2,1H3/p+1/t16-/m1/s1. The van der Waals surface area contributed by atoms with E-state index in [1.54, 1.807) is 7.11 Å². The van der Waals surface area contributed by atoms with Crippen LogP contribution in [-0.2, 0) is 6.42 Å². The zero-order chi connectivity index (χ0) is 13.5. The highest BCUT2D eigenvalue weighted by Crippen LogP contribution is 2.25. The monoisotopic (exact) mass is 256 g/mol. The van der Waals surface area contributed by atoms with Crippen molar-refractivity contribution in [1.29, 1.82) is 0 Å². The molecule has 0 aliphatic carbocycles. The van der Waals surface area contributed by atoms with E-state index >= 15 is 0 Å². The van der Waals surface area contributed by atoms with Gasteiger partial charge in [-0.15, -0.1) is 0 Å². The first kappa shape index (κ1) is 13.6. The molecule has 0 aromatic heterocycles. The van der Waals surface area contributed by atoms with Crippen LogP contribution in [0, 0.1) is 0 Å². The fourth-order valence-electron chi connectivity index (χ4n) is 2.41. The van der Waals surface area contributed by atoms with Gasteiger partial charge in [0.15, 0.2) is 0 Å². The number of quaternary nitrogens is 1. The summed E-state index contributed by atoms with van der Waals surface area (Å²) in [5.41, 5.74) is 6.76. The summed E-state index contributed by atoms with van der Waals surface area (Å²) < 4.78 is 5.21. The van der Waals surface area contributed by atoms with Crippen molar-refractivity contribution in [2.45, 2.75) is 18.8 Å². The summed E-state index contributed by atoms with van der Waals surface area (Å²) in [5.74, 6) is 1.45. The maximum Gasteiger partial charge on any atom is 0.118 e. The minimum Gasteiger partial charge on any atom is -0.497 e. The number of benzene rings is 2. The van der Waals surface area contributed by atoms with E-state index in [2.05, 4.69) is 48.2 Å². The molecule has 2 rings (SSSR count). The summed E-state index contributed by atoms with van der Waals surface area (Å²) in [6.45, 7) is 0.962. The maximum atomic E-state index is 5.21. The molecule has 0 saturated carbocycles. The fourth-order valence-corrected chi connectivity index (χ4v) is 2.41. The average molecular weight is 256 g/mol. The van der Waals surface area contributed by atoms with E-state index in [1.807, 2.05) is 12.1 Å². The van der Waals surface area contributed by atoms with Gasteiger partial charge in [-0.25, -0.2) is 0 Å². The summed E-state index contributed by atoms with van der Waals surface area (Å²) in [4.78, 5) is 0. The zero-order valence-corrected chi connectivity index (χ0v) is 11.5. The first-order valence-corrected chi connectivity index (χ1v) is 6.80. The van der Waals surface area contributed by atoms with Crippen molar-refractivity contribution in [3.63, 3.8) is 0 Å². The summed E-state index contributed by atoms with van der Waals surface area (Å²) in [6, 6.07) is 19.1. The molecule has 0 unspecified atom stereocenters. The topological polar surface area (TPSA) is 36.9 Å². The van der Waals surface area contributed by atoms with Gasteiger partial charge in [-0.05, 0) is 35.6 Å². The highest BCUT2D eigenvalue weighted by molar-refractivity contribution is 5.30. The summed E-state index contributed by atoms with van der Waals surface area (Å²) >= 11 is 0. The van der Waals surface area contributed by atoms with Crippen LogP contribution in [0.15, 0.2) is 54.6 Å². The molecule has 2 aromatic rings. The van der Waals surface area contributed by atoms with Gasteiger partial charge in [-0.1, -0.05) is 42.5 Å². The third-order valence-corrected chi connectivity index (χ3v) is 3.46. The molecule has 2 heteroatoms. The van der Waals surface area contributed by atoms with Crippen LogP contribution < -0.4 is 10.5 Å². The molecule has 0 amide bonds.